The van der Waals surface area contributed by atoms with Crippen molar-refractivity contribution in [1.82, 2.24) is 26.2 Å². The van der Waals surface area contributed by atoms with Gasteiger partial charge in [-0.05, 0) is 77.8 Å². The molecular weight excluding hydrogens is 386 g/mol. The number of carbonyl (C=O) groups is 3. The van der Waals surface area contributed by atoms with Crippen LogP contribution in [0, 0.1) is 5.92 Å². The molecule has 0 saturated carbocycles. The van der Waals surface area contributed by atoms with Crippen molar-refractivity contribution in [2.75, 3.05) is 52.9 Å². The number of hydrogen-bond donors (Lipinski definition) is 4. The van der Waals surface area contributed by atoms with E-state index < -0.39 is 18.1 Å². The second-order valence-corrected chi connectivity index (χ2v) is 8.34. The van der Waals surface area contributed by atoms with Crippen LogP contribution in [0.1, 0.15) is 46.5 Å². The summed E-state index contributed by atoms with van der Waals surface area (Å²) in [7, 11) is 1.28. The minimum Gasteiger partial charge on any atom is -0.467 e. The van der Waals surface area contributed by atoms with Crippen LogP contribution in [0.15, 0.2) is 0 Å². The third-order valence-electron chi connectivity index (χ3n) is 5.00. The van der Waals surface area contributed by atoms with Crippen molar-refractivity contribution in [3.8, 4) is 0 Å². The number of amides is 2. The highest BCUT2D eigenvalue weighted by atomic mass is 16.5. The lowest BCUT2D eigenvalue weighted by atomic mass is 10.0. The zero-order valence-corrected chi connectivity index (χ0v) is 19.1. The van der Waals surface area contributed by atoms with Gasteiger partial charge in [0.25, 0.3) is 0 Å². The van der Waals surface area contributed by atoms with Crippen molar-refractivity contribution in [2.24, 2.45) is 5.92 Å². The highest BCUT2D eigenvalue weighted by Crippen LogP contribution is 2.06. The summed E-state index contributed by atoms with van der Waals surface area (Å²) in [4.78, 5) is 39.1. The van der Waals surface area contributed by atoms with Crippen LogP contribution in [0.25, 0.3) is 0 Å². The number of nitrogens with one attached hydrogen (secondary N) is 4. The first kappa shape index (κ1) is 26.3. The molecule has 30 heavy (non-hydrogen) atoms. The smallest absolute Gasteiger partial charge is 0.328 e. The summed E-state index contributed by atoms with van der Waals surface area (Å²) in [5.74, 6) is -0.834. The largest absolute Gasteiger partial charge is 0.467 e. The number of hydrogen-bond acceptors (Lipinski definition) is 7. The molecule has 1 rings (SSSR count). The molecule has 1 fully saturated rings. The summed E-state index contributed by atoms with van der Waals surface area (Å²) >= 11 is 0. The number of nitrogens with zero attached hydrogens (tertiary/aromatic N) is 1. The summed E-state index contributed by atoms with van der Waals surface area (Å²) in [6.07, 6.45) is 3.58. The minimum atomic E-state index is -0.760. The molecule has 0 aromatic carbocycles. The molecule has 1 heterocycles. The van der Waals surface area contributed by atoms with Gasteiger partial charge in [-0.2, -0.15) is 0 Å². The number of ether oxygens (including phenoxy) is 1. The molecule has 0 aromatic rings. The van der Waals surface area contributed by atoms with Gasteiger partial charge < -0.3 is 26.0 Å². The number of methoxy groups -OCH3 is 1. The molecule has 1 saturated heterocycles. The lowest BCUT2D eigenvalue weighted by Gasteiger charge is -2.25. The van der Waals surface area contributed by atoms with Gasteiger partial charge in [-0.25, -0.2) is 4.79 Å². The predicted molar refractivity (Wildman–Crippen MR) is 117 cm³/mol. The predicted octanol–water partition coefficient (Wildman–Crippen LogP) is -0.140. The van der Waals surface area contributed by atoms with Gasteiger partial charge in [0.1, 0.15) is 12.1 Å². The topological polar surface area (TPSA) is 112 Å². The Balaban J connectivity index is 2.62. The van der Waals surface area contributed by atoms with Gasteiger partial charge >= 0.3 is 5.97 Å². The van der Waals surface area contributed by atoms with Crippen molar-refractivity contribution in [1.29, 1.82) is 0 Å². The van der Waals surface area contributed by atoms with Crippen LogP contribution in [-0.2, 0) is 19.1 Å². The van der Waals surface area contributed by atoms with Gasteiger partial charge in [-0.15, -0.1) is 0 Å². The van der Waals surface area contributed by atoms with Gasteiger partial charge in [0.05, 0.1) is 13.7 Å². The maximum atomic E-state index is 12.7. The monoisotopic (exact) mass is 427 g/mol. The zero-order chi connectivity index (χ0) is 22.4. The standard InChI is InChI=1S/C21H41N5O4/c1-16(2)14-18(20(28)24-17(3)21(29)30-4)25-19(27)15-26-12-6-10-22-8-5-9-23-11-7-13-26/h16-18,22-23H,5-15H2,1-4H3,(H,24,28)(H,25,27)/t17-,18-/m0/s1. The lowest BCUT2D eigenvalue weighted by molar-refractivity contribution is -0.144. The van der Waals surface area contributed by atoms with Crippen molar-refractivity contribution >= 4 is 17.8 Å². The van der Waals surface area contributed by atoms with Gasteiger partial charge in [-0.1, -0.05) is 13.8 Å². The summed E-state index contributed by atoms with van der Waals surface area (Å²) in [5.41, 5.74) is 0. The number of rotatable bonds is 8. The Labute approximate surface area is 181 Å². The van der Waals surface area contributed by atoms with Gasteiger partial charge in [-0.3, -0.25) is 14.5 Å². The van der Waals surface area contributed by atoms with Gasteiger partial charge in [0, 0.05) is 0 Å². The first-order valence-electron chi connectivity index (χ1n) is 11.1. The summed E-state index contributed by atoms with van der Waals surface area (Å²) in [6, 6.07) is -1.44. The molecule has 1 aliphatic rings. The summed E-state index contributed by atoms with van der Waals surface area (Å²) < 4.78 is 4.66. The average molecular weight is 428 g/mol. The number of carbonyl (C=O) groups excluding carboxylic acids is 3. The SMILES string of the molecule is COC(=O)[C@H](C)NC(=O)[C@H](CC(C)C)NC(=O)CN1CCCNCCCNCCC1. The van der Waals surface area contributed by atoms with E-state index in [0.717, 1.165) is 58.5 Å². The van der Waals surface area contributed by atoms with E-state index in [9.17, 15) is 14.4 Å². The van der Waals surface area contributed by atoms with Crippen molar-refractivity contribution in [2.45, 2.75) is 58.5 Å². The van der Waals surface area contributed by atoms with E-state index >= 15 is 0 Å². The third kappa shape index (κ3) is 11.5. The fraction of sp³-hybridized carbons (Fsp3) is 0.857. The van der Waals surface area contributed by atoms with E-state index in [4.69, 9.17) is 0 Å². The first-order valence-corrected chi connectivity index (χ1v) is 11.1. The molecule has 0 unspecified atom stereocenters. The molecular formula is C21H41N5O4. The summed E-state index contributed by atoms with van der Waals surface area (Å²) in [5, 5.41) is 12.3. The van der Waals surface area contributed by atoms with Gasteiger partial charge in [0.2, 0.25) is 11.8 Å². The maximum Gasteiger partial charge on any atom is 0.328 e. The van der Waals surface area contributed by atoms with Crippen LogP contribution in [0.3, 0.4) is 0 Å². The molecule has 174 valence electrons. The normalized spacial score (nSPS) is 19.1. The van der Waals surface area contributed by atoms with Crippen LogP contribution < -0.4 is 21.3 Å². The highest BCUT2D eigenvalue weighted by Gasteiger charge is 2.26. The Kier molecular flexibility index (Phi) is 13.3. The molecule has 1 aliphatic heterocycles. The van der Waals surface area contributed by atoms with Crippen molar-refractivity contribution in [3.05, 3.63) is 0 Å². The zero-order valence-electron chi connectivity index (χ0n) is 19.1. The molecule has 0 aliphatic carbocycles. The van der Waals surface area contributed by atoms with Crippen LogP contribution in [-0.4, -0.2) is 87.7 Å². The molecule has 4 N–H and O–H groups in total. The average Bonchev–Trinajstić information content (AvgIpc) is 2.68. The molecule has 9 heteroatoms. The van der Waals surface area contributed by atoms with Crippen LogP contribution in [0.5, 0.6) is 0 Å². The van der Waals surface area contributed by atoms with E-state index in [1.54, 1.807) is 6.92 Å². The van der Waals surface area contributed by atoms with Crippen molar-refractivity contribution in [3.63, 3.8) is 0 Å². The van der Waals surface area contributed by atoms with E-state index in [1.165, 1.54) is 7.11 Å². The van der Waals surface area contributed by atoms with Crippen LogP contribution in [0.2, 0.25) is 0 Å². The Bertz CT molecular complexity index is 518. The van der Waals surface area contributed by atoms with Crippen LogP contribution >= 0.6 is 0 Å². The van der Waals surface area contributed by atoms with E-state index in [2.05, 4.69) is 30.9 Å². The quantitative estimate of drug-likeness (QED) is 0.399. The fourth-order valence-electron chi connectivity index (χ4n) is 3.41. The molecule has 2 atom stereocenters. The van der Waals surface area contributed by atoms with E-state index in [1.807, 2.05) is 13.8 Å². The first-order chi connectivity index (χ1) is 14.3. The fourth-order valence-corrected chi connectivity index (χ4v) is 3.41. The molecule has 2 amide bonds. The molecule has 0 aromatic heterocycles. The van der Waals surface area contributed by atoms with Crippen molar-refractivity contribution < 1.29 is 19.1 Å². The molecule has 0 bridgehead atoms. The second-order valence-electron chi connectivity index (χ2n) is 8.34. The minimum absolute atomic E-state index is 0.172. The Morgan fingerprint density at radius 3 is 2.03 bits per heavy atom. The number of esters is 1. The third-order valence-corrected chi connectivity index (χ3v) is 5.00. The molecule has 0 spiro atoms. The summed E-state index contributed by atoms with van der Waals surface area (Å²) in [6.45, 7) is 11.3. The second kappa shape index (κ2) is 15.1. The Morgan fingerprint density at radius 2 is 1.50 bits per heavy atom. The molecule has 9 nitrogen and oxygen atoms in total. The van der Waals surface area contributed by atoms with E-state index in [-0.39, 0.29) is 24.3 Å². The lowest BCUT2D eigenvalue weighted by Crippen LogP contribution is -2.53. The van der Waals surface area contributed by atoms with Gasteiger partial charge in [0.15, 0.2) is 0 Å². The maximum absolute atomic E-state index is 12.7. The molecule has 0 radical (unpaired) electrons. The Morgan fingerprint density at radius 1 is 0.933 bits per heavy atom. The van der Waals surface area contributed by atoms with Crippen LogP contribution in [0.4, 0.5) is 0 Å². The Hall–Kier alpha value is -1.71. The van der Waals surface area contributed by atoms with E-state index in [0.29, 0.717) is 6.42 Å². The highest BCUT2D eigenvalue weighted by molar-refractivity contribution is 5.91.